The van der Waals surface area contributed by atoms with Crippen LogP contribution in [0.1, 0.15) is 55.7 Å². The fraction of sp³-hybridized carbons (Fsp3) is 0.625. The first-order valence-electron chi connectivity index (χ1n) is 7.47. The Labute approximate surface area is 115 Å². The molecule has 0 aromatic heterocycles. The van der Waals surface area contributed by atoms with Crippen molar-refractivity contribution in [3.8, 4) is 0 Å². The number of nitrogens with one attached hydrogen (secondary N) is 1. The molecule has 3 heteroatoms. The minimum Gasteiger partial charge on any atom is -0.378 e. The highest BCUT2D eigenvalue weighted by Crippen LogP contribution is 2.38. The van der Waals surface area contributed by atoms with Crippen LogP contribution >= 0.6 is 0 Å². The Hall–Kier alpha value is -0.900. The minimum absolute atomic E-state index is 0.206. The molecule has 3 unspecified atom stereocenters. The van der Waals surface area contributed by atoms with E-state index in [0.29, 0.717) is 5.92 Å². The molecule has 0 bridgehead atoms. The van der Waals surface area contributed by atoms with Crippen molar-refractivity contribution < 1.29 is 4.74 Å². The van der Waals surface area contributed by atoms with E-state index in [1.165, 1.54) is 30.4 Å². The van der Waals surface area contributed by atoms with Crippen LogP contribution in [0.15, 0.2) is 24.3 Å². The smallest absolute Gasteiger partial charge is 0.0594 e. The predicted octanol–water partition coefficient (Wildman–Crippen LogP) is 2.88. The highest BCUT2D eigenvalue weighted by atomic mass is 16.5. The zero-order chi connectivity index (χ0) is 13.2. The molecule has 3 nitrogen and oxygen atoms in total. The third kappa shape index (κ3) is 2.55. The van der Waals surface area contributed by atoms with E-state index in [1.54, 1.807) is 0 Å². The summed E-state index contributed by atoms with van der Waals surface area (Å²) in [5.41, 5.74) is 5.81. The van der Waals surface area contributed by atoms with Gasteiger partial charge in [0.2, 0.25) is 0 Å². The summed E-state index contributed by atoms with van der Waals surface area (Å²) in [5.74, 6) is 7.06. The Morgan fingerprint density at radius 2 is 2.16 bits per heavy atom. The van der Waals surface area contributed by atoms with Crippen LogP contribution in [0.4, 0.5) is 0 Å². The first-order chi connectivity index (χ1) is 9.29. The maximum Gasteiger partial charge on any atom is 0.0594 e. The van der Waals surface area contributed by atoms with Crippen molar-refractivity contribution in [3.05, 3.63) is 35.4 Å². The summed E-state index contributed by atoms with van der Waals surface area (Å²) in [4.78, 5) is 0. The van der Waals surface area contributed by atoms with Gasteiger partial charge in [0.05, 0.1) is 12.1 Å². The van der Waals surface area contributed by atoms with Gasteiger partial charge in [-0.1, -0.05) is 30.7 Å². The largest absolute Gasteiger partial charge is 0.378 e. The van der Waals surface area contributed by atoms with Crippen LogP contribution in [0, 0.1) is 5.92 Å². The van der Waals surface area contributed by atoms with E-state index in [4.69, 9.17) is 10.6 Å². The van der Waals surface area contributed by atoms with Gasteiger partial charge in [0, 0.05) is 12.5 Å². The molecule has 104 valence electrons. The average molecular weight is 260 g/mol. The summed E-state index contributed by atoms with van der Waals surface area (Å²) in [5, 5.41) is 0. The van der Waals surface area contributed by atoms with Crippen LogP contribution in [0.3, 0.4) is 0 Å². The van der Waals surface area contributed by atoms with Crippen molar-refractivity contribution in [2.24, 2.45) is 11.8 Å². The monoisotopic (exact) mass is 260 g/mol. The van der Waals surface area contributed by atoms with E-state index in [2.05, 4.69) is 36.6 Å². The Morgan fingerprint density at radius 3 is 2.74 bits per heavy atom. The second-order valence-electron chi connectivity index (χ2n) is 5.97. The predicted molar refractivity (Wildman–Crippen MR) is 76.6 cm³/mol. The van der Waals surface area contributed by atoms with Crippen LogP contribution in [0.25, 0.3) is 0 Å². The second-order valence-corrected chi connectivity index (χ2v) is 5.97. The summed E-state index contributed by atoms with van der Waals surface area (Å²) in [6, 6.07) is 9.18. The fourth-order valence-corrected chi connectivity index (χ4v) is 3.40. The summed E-state index contributed by atoms with van der Waals surface area (Å²) < 4.78 is 5.68. The van der Waals surface area contributed by atoms with Gasteiger partial charge in [-0.05, 0) is 43.2 Å². The lowest BCUT2D eigenvalue weighted by molar-refractivity contribution is 0.0954. The van der Waals surface area contributed by atoms with Crippen LogP contribution in [0.5, 0.6) is 0 Å². The lowest BCUT2D eigenvalue weighted by Crippen LogP contribution is -2.36. The maximum atomic E-state index is 5.81. The molecule has 3 atom stereocenters. The molecule has 0 radical (unpaired) electrons. The molecule has 1 saturated heterocycles. The van der Waals surface area contributed by atoms with Crippen LogP contribution in [0.2, 0.25) is 0 Å². The number of nitrogens with two attached hydrogens (primary N) is 1. The maximum absolute atomic E-state index is 5.81. The number of hydrogen-bond acceptors (Lipinski definition) is 3. The fourth-order valence-electron chi connectivity index (χ4n) is 3.40. The highest BCUT2D eigenvalue weighted by molar-refractivity contribution is 5.30. The van der Waals surface area contributed by atoms with Crippen molar-refractivity contribution in [3.63, 3.8) is 0 Å². The van der Waals surface area contributed by atoms with E-state index in [1.807, 2.05) is 0 Å². The highest BCUT2D eigenvalue weighted by Gasteiger charge is 2.32. The second kappa shape index (κ2) is 5.61. The van der Waals surface area contributed by atoms with Crippen molar-refractivity contribution in [2.75, 3.05) is 6.61 Å². The first-order valence-corrected chi connectivity index (χ1v) is 7.47. The number of ether oxygens (including phenoxy) is 1. The molecule has 0 spiro atoms. The molecule has 19 heavy (non-hydrogen) atoms. The normalized spacial score (nSPS) is 29.2. The number of rotatable bonds is 4. The molecule has 1 aliphatic heterocycles. The van der Waals surface area contributed by atoms with Gasteiger partial charge in [-0.3, -0.25) is 11.3 Å². The van der Waals surface area contributed by atoms with Gasteiger partial charge < -0.3 is 4.74 Å². The summed E-state index contributed by atoms with van der Waals surface area (Å²) in [6.45, 7) is 3.00. The number of benzene rings is 1. The molecule has 1 heterocycles. The zero-order valence-corrected chi connectivity index (χ0v) is 11.6. The van der Waals surface area contributed by atoms with Gasteiger partial charge in [-0.2, -0.15) is 0 Å². The lowest BCUT2D eigenvalue weighted by Gasteiger charge is -2.29. The molecule has 1 aliphatic carbocycles. The summed E-state index contributed by atoms with van der Waals surface area (Å²) in [6.07, 6.45) is 5.43. The molecule has 3 rings (SSSR count). The third-order valence-electron chi connectivity index (χ3n) is 4.89. The average Bonchev–Trinajstić information content (AvgIpc) is 2.75. The first kappa shape index (κ1) is 13.1. The SMILES string of the molecule is CC1OCCC1C(NN)c1cccc(C2CCC2)c1. The molecular formula is C16H24N2O. The van der Waals surface area contributed by atoms with E-state index in [0.717, 1.165) is 18.9 Å². The van der Waals surface area contributed by atoms with Crippen molar-refractivity contribution in [1.29, 1.82) is 0 Å². The number of hydrazine groups is 1. The minimum atomic E-state index is 0.206. The molecule has 1 saturated carbocycles. The van der Waals surface area contributed by atoms with Gasteiger partial charge in [0.15, 0.2) is 0 Å². The molecule has 2 aliphatic rings. The molecule has 0 amide bonds. The summed E-state index contributed by atoms with van der Waals surface area (Å²) >= 11 is 0. The van der Waals surface area contributed by atoms with Crippen LogP contribution < -0.4 is 11.3 Å². The van der Waals surface area contributed by atoms with Gasteiger partial charge >= 0.3 is 0 Å². The van der Waals surface area contributed by atoms with Gasteiger partial charge in [0.1, 0.15) is 0 Å². The Morgan fingerprint density at radius 1 is 1.32 bits per heavy atom. The molecule has 3 N–H and O–H groups in total. The van der Waals surface area contributed by atoms with Gasteiger partial charge in [0.25, 0.3) is 0 Å². The lowest BCUT2D eigenvalue weighted by atomic mass is 9.78. The van der Waals surface area contributed by atoms with E-state index in [9.17, 15) is 0 Å². The molecule has 1 aromatic carbocycles. The number of hydrogen-bond donors (Lipinski definition) is 2. The van der Waals surface area contributed by atoms with Gasteiger partial charge in [-0.25, -0.2) is 0 Å². The van der Waals surface area contributed by atoms with E-state index in [-0.39, 0.29) is 12.1 Å². The molecule has 2 fully saturated rings. The summed E-state index contributed by atoms with van der Waals surface area (Å²) in [7, 11) is 0. The Balaban J connectivity index is 1.82. The zero-order valence-electron chi connectivity index (χ0n) is 11.6. The molecule has 1 aromatic rings. The van der Waals surface area contributed by atoms with Crippen molar-refractivity contribution in [1.82, 2.24) is 5.43 Å². The molecular weight excluding hydrogens is 236 g/mol. The Bertz CT molecular complexity index is 431. The standard InChI is InChI=1S/C16H24N2O/c1-11-15(8-9-19-11)16(18-17)14-7-3-6-13(10-14)12-4-2-5-12/h3,6-7,10-12,15-16,18H,2,4-5,8-9,17H2,1H3. The third-order valence-corrected chi connectivity index (χ3v) is 4.89. The van der Waals surface area contributed by atoms with E-state index < -0.39 is 0 Å². The van der Waals surface area contributed by atoms with Crippen molar-refractivity contribution in [2.45, 2.75) is 50.7 Å². The van der Waals surface area contributed by atoms with E-state index >= 15 is 0 Å². The van der Waals surface area contributed by atoms with Crippen molar-refractivity contribution >= 4 is 0 Å². The Kier molecular flexibility index (Phi) is 3.87. The quantitative estimate of drug-likeness (QED) is 0.646. The van der Waals surface area contributed by atoms with Crippen LogP contribution in [-0.2, 0) is 4.74 Å². The van der Waals surface area contributed by atoms with Crippen LogP contribution in [-0.4, -0.2) is 12.7 Å². The topological polar surface area (TPSA) is 47.3 Å². The van der Waals surface area contributed by atoms with Gasteiger partial charge in [-0.15, -0.1) is 0 Å².